The van der Waals surface area contributed by atoms with Crippen molar-refractivity contribution in [3.8, 4) is 0 Å². The van der Waals surface area contributed by atoms with E-state index in [9.17, 15) is 26.3 Å². The van der Waals surface area contributed by atoms with E-state index in [0.29, 0.717) is 18.3 Å². The van der Waals surface area contributed by atoms with Gasteiger partial charge in [-0.05, 0) is 12.8 Å². The van der Waals surface area contributed by atoms with E-state index < -0.39 is 25.1 Å². The predicted octanol–water partition coefficient (Wildman–Crippen LogP) is 2.94. The highest BCUT2D eigenvalue weighted by atomic mass is 19.4. The highest BCUT2D eigenvalue weighted by Crippen LogP contribution is 2.36. The quantitative estimate of drug-likeness (QED) is 0.819. The maximum absolute atomic E-state index is 12.2. The zero-order chi connectivity index (χ0) is 15.7. The van der Waals surface area contributed by atoms with E-state index in [4.69, 9.17) is 0 Å². The Hall–Kier alpha value is -1.29. The van der Waals surface area contributed by atoms with Crippen molar-refractivity contribution in [2.45, 2.75) is 50.5 Å². The Labute approximate surface area is 115 Å². The lowest BCUT2D eigenvalue weighted by Crippen LogP contribution is -2.44. The summed E-state index contributed by atoms with van der Waals surface area (Å²) in [6.45, 7) is -0.615. The molecule has 1 aliphatic rings. The van der Waals surface area contributed by atoms with E-state index in [1.165, 1.54) is 6.07 Å². The Morgan fingerprint density at radius 2 is 1.86 bits per heavy atom. The predicted molar refractivity (Wildman–Crippen MR) is 57.1 cm³/mol. The maximum atomic E-state index is 12.2. The van der Waals surface area contributed by atoms with Gasteiger partial charge in [0, 0.05) is 18.7 Å². The molecule has 10 heteroatoms. The minimum atomic E-state index is -5.53. The number of rotatable bonds is 6. The first-order valence-corrected chi connectivity index (χ1v) is 6.09. The van der Waals surface area contributed by atoms with Gasteiger partial charge in [0.1, 0.15) is 6.61 Å². The molecule has 0 radical (unpaired) electrons. The summed E-state index contributed by atoms with van der Waals surface area (Å²) in [7, 11) is 0. The molecule has 0 unspecified atom stereocenters. The fraction of sp³-hybridized carbons (Fsp3) is 0.727. The summed E-state index contributed by atoms with van der Waals surface area (Å²) in [5.41, 5.74) is 0.399. The molecule has 0 aliphatic heterocycles. The van der Waals surface area contributed by atoms with Crippen molar-refractivity contribution in [3.63, 3.8) is 0 Å². The number of hydrogen-bond donors (Lipinski definition) is 1. The molecule has 2 rings (SSSR count). The van der Waals surface area contributed by atoms with Crippen LogP contribution in [0.4, 0.5) is 26.3 Å². The molecule has 0 atom stereocenters. The summed E-state index contributed by atoms with van der Waals surface area (Å²) in [5, 5.41) is 6.61. The molecule has 1 aromatic rings. The van der Waals surface area contributed by atoms with Gasteiger partial charge in [-0.1, -0.05) is 5.16 Å². The van der Waals surface area contributed by atoms with Crippen LogP contribution in [0.3, 0.4) is 0 Å². The number of hydrogen-bond acceptors (Lipinski definition) is 4. The molecule has 120 valence electrons. The van der Waals surface area contributed by atoms with Crippen molar-refractivity contribution >= 4 is 0 Å². The van der Waals surface area contributed by atoms with Gasteiger partial charge in [-0.2, -0.15) is 26.3 Å². The first-order chi connectivity index (χ1) is 9.66. The zero-order valence-corrected chi connectivity index (χ0v) is 10.6. The van der Waals surface area contributed by atoms with Gasteiger partial charge in [0.05, 0.1) is 5.69 Å². The molecule has 1 fully saturated rings. The van der Waals surface area contributed by atoms with Crippen LogP contribution in [-0.2, 0) is 17.9 Å². The van der Waals surface area contributed by atoms with Crippen LogP contribution in [0.1, 0.15) is 24.3 Å². The van der Waals surface area contributed by atoms with Crippen LogP contribution in [-0.4, -0.2) is 29.7 Å². The Kier molecular flexibility index (Phi) is 4.47. The summed E-state index contributed by atoms with van der Waals surface area (Å²) in [6, 6.07) is 1.65. The van der Waals surface area contributed by atoms with Crippen molar-refractivity contribution in [2.75, 3.05) is 0 Å². The lowest BCUT2D eigenvalue weighted by Gasteiger charge is -2.22. The van der Waals surface area contributed by atoms with Gasteiger partial charge in [-0.15, -0.1) is 0 Å². The highest BCUT2D eigenvalue weighted by molar-refractivity contribution is 5.05. The molecular weight excluding hydrogens is 306 g/mol. The summed E-state index contributed by atoms with van der Waals surface area (Å²) in [4.78, 5) is 0. The number of halogens is 6. The fourth-order valence-electron chi connectivity index (χ4n) is 1.58. The van der Waals surface area contributed by atoms with E-state index in [1.807, 2.05) is 0 Å². The Balaban J connectivity index is 1.88. The van der Waals surface area contributed by atoms with Gasteiger partial charge in [0.25, 0.3) is 0 Å². The Bertz CT molecular complexity index is 452. The van der Waals surface area contributed by atoms with Crippen LogP contribution >= 0.6 is 0 Å². The van der Waals surface area contributed by atoms with E-state index in [2.05, 4.69) is 19.7 Å². The number of aromatic nitrogens is 1. The summed E-state index contributed by atoms with van der Waals surface area (Å²) >= 11 is 0. The zero-order valence-electron chi connectivity index (χ0n) is 10.6. The molecule has 4 nitrogen and oxygen atoms in total. The number of alkyl halides is 6. The smallest absolute Gasteiger partial charge is 0.359 e. The summed E-state index contributed by atoms with van der Waals surface area (Å²) < 4.78 is 82.0. The third kappa shape index (κ3) is 4.88. The molecule has 1 N–H and O–H groups in total. The second kappa shape index (κ2) is 5.84. The van der Waals surface area contributed by atoms with Crippen LogP contribution < -0.4 is 5.32 Å². The van der Waals surface area contributed by atoms with Gasteiger partial charge >= 0.3 is 12.4 Å². The van der Waals surface area contributed by atoms with E-state index in [-0.39, 0.29) is 5.76 Å². The second-order valence-corrected chi connectivity index (χ2v) is 4.71. The van der Waals surface area contributed by atoms with Crippen molar-refractivity contribution in [3.05, 3.63) is 17.5 Å². The van der Waals surface area contributed by atoms with Crippen molar-refractivity contribution < 1.29 is 35.6 Å². The third-order valence-electron chi connectivity index (χ3n) is 2.74. The van der Waals surface area contributed by atoms with Crippen LogP contribution in [0, 0.1) is 0 Å². The van der Waals surface area contributed by atoms with Crippen LogP contribution in [0.25, 0.3) is 0 Å². The van der Waals surface area contributed by atoms with Crippen molar-refractivity contribution in [1.82, 2.24) is 10.5 Å². The van der Waals surface area contributed by atoms with Crippen molar-refractivity contribution in [2.24, 2.45) is 0 Å². The molecule has 1 heterocycles. The molecule has 0 amide bonds. The molecule has 0 bridgehead atoms. The van der Waals surface area contributed by atoms with Crippen LogP contribution in [0.5, 0.6) is 0 Å². The number of nitrogens with zero attached hydrogens (tertiary/aromatic N) is 1. The largest absolute Gasteiger partial charge is 0.423 e. The SMILES string of the molecule is FC(F)(F)C(OCc1cc(CNC2CC2)no1)C(F)(F)F. The first-order valence-electron chi connectivity index (χ1n) is 6.09. The van der Waals surface area contributed by atoms with Crippen LogP contribution in [0.2, 0.25) is 0 Å². The van der Waals surface area contributed by atoms with E-state index >= 15 is 0 Å². The maximum Gasteiger partial charge on any atom is 0.423 e. The normalized spacial score (nSPS) is 16.7. The number of nitrogens with one attached hydrogen (secondary N) is 1. The summed E-state index contributed by atoms with van der Waals surface area (Å²) in [5.74, 6) is -0.193. The molecule has 1 aromatic heterocycles. The first kappa shape index (κ1) is 16.1. The van der Waals surface area contributed by atoms with E-state index in [1.54, 1.807) is 0 Å². The van der Waals surface area contributed by atoms with Crippen molar-refractivity contribution in [1.29, 1.82) is 0 Å². The Morgan fingerprint density at radius 3 is 2.38 bits per heavy atom. The molecule has 21 heavy (non-hydrogen) atoms. The fourth-order valence-corrected chi connectivity index (χ4v) is 1.58. The summed E-state index contributed by atoms with van der Waals surface area (Å²) in [6.07, 6.45) is -12.8. The monoisotopic (exact) mass is 318 g/mol. The van der Waals surface area contributed by atoms with Gasteiger partial charge in [0.2, 0.25) is 6.10 Å². The van der Waals surface area contributed by atoms with Gasteiger partial charge in [0.15, 0.2) is 5.76 Å². The molecule has 0 aromatic carbocycles. The van der Waals surface area contributed by atoms with E-state index in [0.717, 1.165) is 12.8 Å². The second-order valence-electron chi connectivity index (χ2n) is 4.71. The standard InChI is InChI=1S/C11H12F6N2O2/c12-10(13,14)9(11(15,16)17)20-5-8-3-7(19-21-8)4-18-6-1-2-6/h3,6,9,18H,1-2,4-5H2. The minimum absolute atomic E-state index is 0.193. The minimum Gasteiger partial charge on any atom is -0.359 e. The highest BCUT2D eigenvalue weighted by Gasteiger charge is 2.58. The molecule has 0 saturated heterocycles. The molecule has 0 spiro atoms. The van der Waals surface area contributed by atoms with Gasteiger partial charge in [-0.3, -0.25) is 0 Å². The average Bonchev–Trinajstić information content (AvgIpc) is 3.03. The topological polar surface area (TPSA) is 47.3 Å². The van der Waals surface area contributed by atoms with Crippen LogP contribution in [0.15, 0.2) is 10.6 Å². The molecular formula is C11H12F6N2O2. The number of ether oxygens (including phenoxy) is 1. The van der Waals surface area contributed by atoms with Gasteiger partial charge < -0.3 is 14.6 Å². The Morgan fingerprint density at radius 1 is 1.24 bits per heavy atom. The third-order valence-corrected chi connectivity index (χ3v) is 2.74. The lowest BCUT2D eigenvalue weighted by atomic mass is 10.3. The molecule has 1 saturated carbocycles. The van der Waals surface area contributed by atoms with Gasteiger partial charge in [-0.25, -0.2) is 0 Å². The average molecular weight is 318 g/mol. The molecule has 1 aliphatic carbocycles. The lowest BCUT2D eigenvalue weighted by molar-refractivity contribution is -0.325.